The van der Waals surface area contributed by atoms with Crippen LogP contribution in [0.1, 0.15) is 16.8 Å². The van der Waals surface area contributed by atoms with Crippen LogP contribution in [0.2, 0.25) is 0 Å². The highest BCUT2D eigenvalue weighted by molar-refractivity contribution is 5.85. The Morgan fingerprint density at radius 2 is 1.74 bits per heavy atom. The molecule has 0 saturated heterocycles. The zero-order valence-corrected chi connectivity index (χ0v) is 15.3. The largest absolute Gasteiger partial charge is 0.493 e. The van der Waals surface area contributed by atoms with E-state index >= 15 is 0 Å². The second-order valence-corrected chi connectivity index (χ2v) is 5.44. The fourth-order valence-electron chi connectivity index (χ4n) is 2.39. The molecule has 1 amide bonds. The monoisotopic (exact) mass is 376 g/mol. The van der Waals surface area contributed by atoms with Gasteiger partial charge in [0.2, 0.25) is 11.7 Å². The summed E-state index contributed by atoms with van der Waals surface area (Å²) in [5.74, 6) is 0.813. The van der Waals surface area contributed by atoms with Crippen LogP contribution in [0.4, 0.5) is 0 Å². The van der Waals surface area contributed by atoms with Crippen LogP contribution in [0, 0.1) is 6.92 Å². The smallest absolute Gasteiger partial charge is 0.325 e. The first-order valence-corrected chi connectivity index (χ1v) is 7.83. The van der Waals surface area contributed by atoms with Crippen molar-refractivity contribution in [3.05, 3.63) is 49.8 Å². The van der Waals surface area contributed by atoms with Crippen LogP contribution < -0.4 is 30.9 Å². The fraction of sp³-hybridized carbons (Fsp3) is 0.294. The van der Waals surface area contributed by atoms with Gasteiger partial charge < -0.3 is 19.2 Å². The topological polar surface area (TPSA) is 135 Å². The minimum absolute atomic E-state index is 0.162. The third kappa shape index (κ3) is 4.75. The van der Waals surface area contributed by atoms with Crippen LogP contribution in [-0.2, 0) is 11.2 Å². The van der Waals surface area contributed by atoms with Gasteiger partial charge in [-0.3, -0.25) is 14.6 Å². The van der Waals surface area contributed by atoms with Crippen molar-refractivity contribution in [3.63, 3.8) is 0 Å². The van der Waals surface area contributed by atoms with Crippen LogP contribution in [0.3, 0.4) is 0 Å². The zero-order chi connectivity index (χ0) is 20.0. The quantitative estimate of drug-likeness (QED) is 0.463. The highest BCUT2D eigenvalue weighted by atomic mass is 16.5. The number of rotatable bonds is 7. The Kier molecular flexibility index (Phi) is 6.36. The van der Waals surface area contributed by atoms with Gasteiger partial charge in [-0.2, -0.15) is 5.10 Å². The van der Waals surface area contributed by atoms with Crippen LogP contribution in [0.5, 0.6) is 17.2 Å². The SMILES string of the molecule is COc1cc(/C=N\NC(=O)Cc2c(C)[nH]c(=O)[nH]c2=O)cc(OC)c1OC. The predicted molar refractivity (Wildman–Crippen MR) is 98.0 cm³/mol. The van der Waals surface area contributed by atoms with Gasteiger partial charge >= 0.3 is 5.69 Å². The summed E-state index contributed by atoms with van der Waals surface area (Å²) in [6.45, 7) is 1.54. The van der Waals surface area contributed by atoms with Gasteiger partial charge in [-0.1, -0.05) is 0 Å². The lowest BCUT2D eigenvalue weighted by Gasteiger charge is -2.12. The minimum atomic E-state index is -0.623. The van der Waals surface area contributed by atoms with Gasteiger partial charge in [0, 0.05) is 16.8 Å². The van der Waals surface area contributed by atoms with Crippen molar-refractivity contribution in [3.8, 4) is 17.2 Å². The molecule has 0 atom stereocenters. The van der Waals surface area contributed by atoms with Gasteiger partial charge in [0.15, 0.2) is 11.5 Å². The summed E-state index contributed by atoms with van der Waals surface area (Å²) in [7, 11) is 4.48. The number of hydrogen-bond acceptors (Lipinski definition) is 7. The van der Waals surface area contributed by atoms with Crippen LogP contribution in [0.15, 0.2) is 26.8 Å². The lowest BCUT2D eigenvalue weighted by Crippen LogP contribution is -2.30. The summed E-state index contributed by atoms with van der Waals surface area (Å²) in [6, 6.07) is 3.32. The number of carbonyl (C=O) groups excluding carboxylic acids is 1. The second-order valence-electron chi connectivity index (χ2n) is 5.44. The van der Waals surface area contributed by atoms with Gasteiger partial charge in [0.25, 0.3) is 5.56 Å². The van der Waals surface area contributed by atoms with E-state index in [0.29, 0.717) is 28.5 Å². The molecule has 0 aliphatic carbocycles. The van der Waals surface area contributed by atoms with Gasteiger partial charge in [0.1, 0.15) is 0 Å². The van der Waals surface area contributed by atoms with Gasteiger partial charge in [-0.15, -0.1) is 0 Å². The van der Waals surface area contributed by atoms with Crippen LogP contribution in [0.25, 0.3) is 0 Å². The number of aromatic nitrogens is 2. The maximum atomic E-state index is 12.0. The number of ether oxygens (including phenoxy) is 3. The van der Waals surface area contributed by atoms with E-state index in [-0.39, 0.29) is 12.0 Å². The fourth-order valence-corrected chi connectivity index (χ4v) is 2.39. The maximum absolute atomic E-state index is 12.0. The number of hydrogen-bond donors (Lipinski definition) is 3. The molecule has 0 bridgehead atoms. The Morgan fingerprint density at radius 1 is 1.11 bits per heavy atom. The number of aromatic amines is 2. The molecular formula is C17H20N4O6. The predicted octanol–water partition coefficient (Wildman–Crippen LogP) is 0.0902. The number of H-pyrrole nitrogens is 2. The lowest BCUT2D eigenvalue weighted by molar-refractivity contribution is -0.120. The van der Waals surface area contributed by atoms with Crippen molar-refractivity contribution in [1.29, 1.82) is 0 Å². The molecule has 0 radical (unpaired) electrons. The van der Waals surface area contributed by atoms with E-state index in [1.165, 1.54) is 27.5 Å². The number of nitrogens with zero attached hydrogens (tertiary/aromatic N) is 1. The first kappa shape index (κ1) is 19.8. The third-order valence-corrected chi connectivity index (χ3v) is 3.68. The third-order valence-electron chi connectivity index (χ3n) is 3.68. The first-order valence-electron chi connectivity index (χ1n) is 7.83. The second kappa shape index (κ2) is 8.70. The molecule has 0 spiro atoms. The molecule has 0 fully saturated rings. The number of benzene rings is 1. The summed E-state index contributed by atoms with van der Waals surface area (Å²) < 4.78 is 15.7. The van der Waals surface area contributed by atoms with Gasteiger partial charge in [-0.25, -0.2) is 10.2 Å². The molecular weight excluding hydrogens is 356 g/mol. The van der Waals surface area contributed by atoms with E-state index in [1.54, 1.807) is 19.1 Å². The van der Waals surface area contributed by atoms with Gasteiger partial charge in [0.05, 0.1) is 34.0 Å². The highest BCUT2D eigenvalue weighted by Crippen LogP contribution is 2.37. The number of methoxy groups -OCH3 is 3. The van der Waals surface area contributed by atoms with Gasteiger partial charge in [-0.05, 0) is 19.1 Å². The van der Waals surface area contributed by atoms with Crippen molar-refractivity contribution >= 4 is 12.1 Å². The normalized spacial score (nSPS) is 10.7. The standard InChI is InChI=1S/C17H20N4O6/c1-9-11(16(23)20-17(24)19-9)7-14(22)21-18-8-10-5-12(25-2)15(27-4)13(6-10)26-3/h5-6,8H,7H2,1-4H3,(H,21,22)(H2,19,20,23,24)/b18-8-. The molecule has 10 nitrogen and oxygen atoms in total. The number of aryl methyl sites for hydroxylation is 1. The molecule has 2 aromatic rings. The van der Waals surface area contributed by atoms with Crippen molar-refractivity contribution in [2.75, 3.05) is 21.3 Å². The molecule has 27 heavy (non-hydrogen) atoms. The Bertz CT molecular complexity index is 951. The molecule has 0 saturated carbocycles. The number of amides is 1. The Balaban J connectivity index is 2.12. The Labute approximate surface area is 154 Å². The molecule has 0 unspecified atom stereocenters. The number of carbonyl (C=O) groups is 1. The zero-order valence-electron chi connectivity index (χ0n) is 15.3. The van der Waals surface area contributed by atoms with E-state index in [0.717, 1.165) is 0 Å². The molecule has 2 rings (SSSR count). The Morgan fingerprint density at radius 3 is 2.26 bits per heavy atom. The average molecular weight is 376 g/mol. The van der Waals surface area contributed by atoms with E-state index < -0.39 is 17.2 Å². The summed E-state index contributed by atoms with van der Waals surface area (Å²) in [4.78, 5) is 39.4. The van der Waals surface area contributed by atoms with E-state index in [2.05, 4.69) is 20.5 Å². The molecule has 144 valence electrons. The number of nitrogens with one attached hydrogen (secondary N) is 3. The Hall–Kier alpha value is -3.56. The van der Waals surface area contributed by atoms with E-state index in [1.807, 2.05) is 0 Å². The van der Waals surface area contributed by atoms with Crippen molar-refractivity contribution in [2.24, 2.45) is 5.10 Å². The highest BCUT2D eigenvalue weighted by Gasteiger charge is 2.13. The molecule has 3 N–H and O–H groups in total. The molecule has 10 heteroatoms. The first-order chi connectivity index (χ1) is 12.9. The van der Waals surface area contributed by atoms with Crippen LogP contribution >= 0.6 is 0 Å². The van der Waals surface area contributed by atoms with Crippen molar-refractivity contribution in [2.45, 2.75) is 13.3 Å². The average Bonchev–Trinajstić information content (AvgIpc) is 2.63. The van der Waals surface area contributed by atoms with Crippen LogP contribution in [-0.4, -0.2) is 43.4 Å². The van der Waals surface area contributed by atoms with E-state index in [9.17, 15) is 14.4 Å². The summed E-state index contributed by atoms with van der Waals surface area (Å²) in [5.41, 5.74) is 2.18. The van der Waals surface area contributed by atoms with Crippen molar-refractivity contribution in [1.82, 2.24) is 15.4 Å². The molecule has 0 aliphatic rings. The summed E-state index contributed by atoms with van der Waals surface area (Å²) in [5, 5.41) is 3.86. The summed E-state index contributed by atoms with van der Waals surface area (Å²) in [6.07, 6.45) is 1.16. The molecule has 1 heterocycles. The molecule has 0 aliphatic heterocycles. The molecule has 1 aromatic carbocycles. The maximum Gasteiger partial charge on any atom is 0.325 e. The molecule has 1 aromatic heterocycles. The minimum Gasteiger partial charge on any atom is -0.493 e. The van der Waals surface area contributed by atoms with E-state index in [4.69, 9.17) is 14.2 Å². The number of hydrazone groups is 1. The lowest BCUT2D eigenvalue weighted by atomic mass is 10.1. The van der Waals surface area contributed by atoms with Crippen molar-refractivity contribution < 1.29 is 19.0 Å². The summed E-state index contributed by atoms with van der Waals surface area (Å²) >= 11 is 0.